The number of hydrogen-bond donors (Lipinski definition) is 2. The molecule has 2 rings (SSSR count). The zero-order valence-electron chi connectivity index (χ0n) is 12.5. The number of benzene rings is 1. The van der Waals surface area contributed by atoms with Crippen LogP contribution in [-0.2, 0) is 0 Å². The predicted octanol–water partition coefficient (Wildman–Crippen LogP) is 2.96. The predicted molar refractivity (Wildman–Crippen MR) is 85.4 cm³/mol. The number of nitrogens with one attached hydrogen (secondary N) is 1. The number of anilines is 2. The molecule has 1 aromatic carbocycles. The summed E-state index contributed by atoms with van der Waals surface area (Å²) in [4.78, 5) is 2.53. The number of nitrogens with two attached hydrogens (primary N) is 1. The maximum absolute atomic E-state index is 5.91. The molecule has 0 radical (unpaired) electrons. The van der Waals surface area contributed by atoms with Gasteiger partial charge in [-0.1, -0.05) is 13.3 Å². The zero-order chi connectivity index (χ0) is 14.2. The third kappa shape index (κ3) is 4.60. The molecular formula is C16H27N3O. The van der Waals surface area contributed by atoms with Gasteiger partial charge in [-0.05, 0) is 44.5 Å². The summed E-state index contributed by atoms with van der Waals surface area (Å²) in [6.07, 6.45) is 5.07. The molecule has 0 unspecified atom stereocenters. The lowest BCUT2D eigenvalue weighted by Gasteiger charge is -2.26. The molecule has 1 fully saturated rings. The van der Waals surface area contributed by atoms with Crippen molar-refractivity contribution in [3.63, 3.8) is 0 Å². The molecule has 0 aromatic heterocycles. The van der Waals surface area contributed by atoms with E-state index < -0.39 is 0 Å². The second kappa shape index (κ2) is 8.00. The highest BCUT2D eigenvalue weighted by Gasteiger charge is 2.09. The molecule has 4 heteroatoms. The largest absolute Gasteiger partial charge is 0.491 e. The summed E-state index contributed by atoms with van der Waals surface area (Å²) < 4.78 is 5.65. The number of rotatable bonds is 7. The molecule has 0 amide bonds. The molecule has 1 aliphatic rings. The fourth-order valence-corrected chi connectivity index (χ4v) is 2.52. The van der Waals surface area contributed by atoms with E-state index in [0.717, 1.165) is 30.9 Å². The van der Waals surface area contributed by atoms with Crippen molar-refractivity contribution in [1.29, 1.82) is 0 Å². The second-order valence-electron chi connectivity index (χ2n) is 5.43. The highest BCUT2D eigenvalue weighted by atomic mass is 16.5. The molecule has 0 atom stereocenters. The normalized spacial score (nSPS) is 16.1. The zero-order valence-corrected chi connectivity index (χ0v) is 12.5. The maximum atomic E-state index is 5.91. The van der Waals surface area contributed by atoms with E-state index in [9.17, 15) is 0 Å². The van der Waals surface area contributed by atoms with E-state index >= 15 is 0 Å². The molecular weight excluding hydrogens is 250 g/mol. The Balaban J connectivity index is 1.79. The Hall–Kier alpha value is -1.42. The van der Waals surface area contributed by atoms with E-state index in [2.05, 4.69) is 17.1 Å². The smallest absolute Gasteiger partial charge is 0.144 e. The van der Waals surface area contributed by atoms with Crippen molar-refractivity contribution < 1.29 is 4.74 Å². The van der Waals surface area contributed by atoms with Gasteiger partial charge in [0, 0.05) is 24.8 Å². The Kier molecular flexibility index (Phi) is 5.99. The van der Waals surface area contributed by atoms with Crippen molar-refractivity contribution >= 4 is 11.4 Å². The van der Waals surface area contributed by atoms with Crippen LogP contribution < -0.4 is 15.8 Å². The van der Waals surface area contributed by atoms with Crippen LogP contribution in [0, 0.1) is 0 Å². The minimum Gasteiger partial charge on any atom is -0.491 e. The van der Waals surface area contributed by atoms with Crippen LogP contribution in [0.4, 0.5) is 11.4 Å². The summed E-state index contributed by atoms with van der Waals surface area (Å²) in [5.74, 6) is 0.787. The van der Waals surface area contributed by atoms with Crippen molar-refractivity contribution in [2.45, 2.75) is 32.6 Å². The summed E-state index contributed by atoms with van der Waals surface area (Å²) in [7, 11) is 0. The van der Waals surface area contributed by atoms with Crippen LogP contribution in [0.5, 0.6) is 5.75 Å². The summed E-state index contributed by atoms with van der Waals surface area (Å²) in [6, 6.07) is 5.93. The molecule has 112 valence electrons. The average Bonchev–Trinajstić information content (AvgIpc) is 2.49. The highest BCUT2D eigenvalue weighted by Crippen LogP contribution is 2.25. The van der Waals surface area contributed by atoms with Crippen molar-refractivity contribution in [2.75, 3.05) is 43.8 Å². The Morgan fingerprint density at radius 1 is 1.25 bits per heavy atom. The van der Waals surface area contributed by atoms with Crippen molar-refractivity contribution in [1.82, 2.24) is 4.90 Å². The third-order valence-electron chi connectivity index (χ3n) is 3.68. The second-order valence-corrected chi connectivity index (χ2v) is 5.43. The van der Waals surface area contributed by atoms with Gasteiger partial charge in [0.25, 0.3) is 0 Å². The summed E-state index contributed by atoms with van der Waals surface area (Å²) in [6.45, 7) is 7.37. The van der Waals surface area contributed by atoms with E-state index in [1.807, 2.05) is 18.2 Å². The number of ether oxygens (including phenoxy) is 1. The molecule has 3 N–H and O–H groups in total. The van der Waals surface area contributed by atoms with Gasteiger partial charge in [0.1, 0.15) is 5.75 Å². The number of nitrogens with zero attached hydrogens (tertiary/aromatic N) is 1. The molecule has 0 aliphatic carbocycles. The van der Waals surface area contributed by atoms with Gasteiger partial charge in [0.05, 0.1) is 12.3 Å². The Bertz CT molecular complexity index is 403. The van der Waals surface area contributed by atoms with Gasteiger partial charge in [-0.25, -0.2) is 0 Å². The first-order valence-electron chi connectivity index (χ1n) is 7.78. The van der Waals surface area contributed by atoms with Crippen LogP contribution in [0.25, 0.3) is 0 Å². The SMILES string of the molecule is CCCOc1cc(NCCN2CCCCC2)ccc1N. The Morgan fingerprint density at radius 2 is 2.05 bits per heavy atom. The summed E-state index contributed by atoms with van der Waals surface area (Å²) in [5.41, 5.74) is 7.71. The van der Waals surface area contributed by atoms with Gasteiger partial charge < -0.3 is 20.7 Å². The lowest BCUT2D eigenvalue weighted by molar-refractivity contribution is 0.237. The van der Waals surface area contributed by atoms with Gasteiger partial charge in [-0.15, -0.1) is 0 Å². The van der Waals surface area contributed by atoms with Crippen LogP contribution in [0.3, 0.4) is 0 Å². The minimum atomic E-state index is 0.708. The molecule has 0 spiro atoms. The monoisotopic (exact) mass is 277 g/mol. The quantitative estimate of drug-likeness (QED) is 0.752. The third-order valence-corrected chi connectivity index (χ3v) is 3.68. The maximum Gasteiger partial charge on any atom is 0.144 e. The van der Waals surface area contributed by atoms with Gasteiger partial charge >= 0.3 is 0 Å². The van der Waals surface area contributed by atoms with Crippen LogP contribution in [0.1, 0.15) is 32.6 Å². The first-order valence-corrected chi connectivity index (χ1v) is 7.78. The van der Waals surface area contributed by atoms with Gasteiger partial charge in [-0.2, -0.15) is 0 Å². The van der Waals surface area contributed by atoms with Gasteiger partial charge in [0.15, 0.2) is 0 Å². The molecule has 20 heavy (non-hydrogen) atoms. The summed E-state index contributed by atoms with van der Waals surface area (Å²) >= 11 is 0. The first-order chi connectivity index (χ1) is 9.79. The molecule has 1 aliphatic heterocycles. The van der Waals surface area contributed by atoms with Crippen LogP contribution in [0.15, 0.2) is 18.2 Å². The fourth-order valence-electron chi connectivity index (χ4n) is 2.52. The minimum absolute atomic E-state index is 0.708. The summed E-state index contributed by atoms with van der Waals surface area (Å²) in [5, 5.41) is 3.46. The van der Waals surface area contributed by atoms with Crippen LogP contribution in [0.2, 0.25) is 0 Å². The van der Waals surface area contributed by atoms with Crippen LogP contribution in [-0.4, -0.2) is 37.7 Å². The number of hydrogen-bond acceptors (Lipinski definition) is 4. The lowest BCUT2D eigenvalue weighted by Crippen LogP contribution is -2.33. The van der Waals surface area contributed by atoms with Crippen molar-refractivity contribution in [3.8, 4) is 5.75 Å². The van der Waals surface area contributed by atoms with E-state index in [1.165, 1.54) is 32.4 Å². The van der Waals surface area contributed by atoms with E-state index in [-0.39, 0.29) is 0 Å². The van der Waals surface area contributed by atoms with Crippen molar-refractivity contribution in [2.24, 2.45) is 0 Å². The Morgan fingerprint density at radius 3 is 2.80 bits per heavy atom. The topological polar surface area (TPSA) is 50.5 Å². The number of likely N-dealkylation sites (tertiary alicyclic amines) is 1. The molecule has 0 saturated carbocycles. The molecule has 1 heterocycles. The van der Waals surface area contributed by atoms with Crippen molar-refractivity contribution in [3.05, 3.63) is 18.2 Å². The molecule has 1 saturated heterocycles. The van der Waals surface area contributed by atoms with E-state index in [1.54, 1.807) is 0 Å². The first kappa shape index (κ1) is 15.0. The Labute approximate surface area is 122 Å². The van der Waals surface area contributed by atoms with Crippen LogP contribution >= 0.6 is 0 Å². The fraction of sp³-hybridized carbons (Fsp3) is 0.625. The van der Waals surface area contributed by atoms with E-state index in [4.69, 9.17) is 10.5 Å². The standard InChI is InChI=1S/C16H27N3O/c1-2-12-20-16-13-14(6-7-15(16)17)18-8-11-19-9-4-3-5-10-19/h6-7,13,18H,2-5,8-12,17H2,1H3. The molecule has 4 nitrogen and oxygen atoms in total. The lowest BCUT2D eigenvalue weighted by atomic mass is 10.1. The number of nitrogen functional groups attached to an aromatic ring is 1. The highest BCUT2D eigenvalue weighted by molar-refractivity contribution is 5.61. The average molecular weight is 277 g/mol. The molecule has 1 aromatic rings. The number of piperidine rings is 1. The van der Waals surface area contributed by atoms with Gasteiger partial charge in [-0.3, -0.25) is 0 Å². The van der Waals surface area contributed by atoms with Gasteiger partial charge in [0.2, 0.25) is 0 Å². The van der Waals surface area contributed by atoms with E-state index in [0.29, 0.717) is 12.3 Å². The molecule has 0 bridgehead atoms.